The number of rotatable bonds is 8. The van der Waals surface area contributed by atoms with Crippen molar-refractivity contribution in [2.75, 3.05) is 27.9 Å². The highest BCUT2D eigenvalue weighted by atomic mass is 79.9. The van der Waals surface area contributed by atoms with Crippen LogP contribution in [0.2, 0.25) is 0 Å². The Kier molecular flexibility index (Phi) is 7.99. The Morgan fingerprint density at radius 2 is 1.85 bits per heavy atom. The molecule has 0 radical (unpaired) electrons. The molecular weight excluding hydrogens is 584 g/mol. The van der Waals surface area contributed by atoms with E-state index in [4.69, 9.17) is 13.9 Å². The largest absolute Gasteiger partial charge is 0.493 e. The molecule has 0 atom stereocenters. The molecule has 2 aromatic rings. The summed E-state index contributed by atoms with van der Waals surface area (Å²) in [6, 6.07) is 3.76. The minimum absolute atomic E-state index is 0.00243. The molecule has 1 fully saturated rings. The van der Waals surface area contributed by atoms with Gasteiger partial charge >= 0.3 is 18.0 Å². The molecule has 3 amide bonds. The maximum Gasteiger partial charge on any atom is 0.373 e. The van der Waals surface area contributed by atoms with Crippen molar-refractivity contribution in [1.82, 2.24) is 10.2 Å². The minimum atomic E-state index is -0.674. The van der Waals surface area contributed by atoms with Gasteiger partial charge in [-0.1, -0.05) is 0 Å². The summed E-state index contributed by atoms with van der Waals surface area (Å²) < 4.78 is 26.2. The molecule has 1 saturated heterocycles. The van der Waals surface area contributed by atoms with E-state index < -0.39 is 23.9 Å². The van der Waals surface area contributed by atoms with Crippen molar-refractivity contribution in [3.05, 3.63) is 49.9 Å². The van der Waals surface area contributed by atoms with Crippen LogP contribution in [0, 0.1) is 0 Å². The summed E-state index contributed by atoms with van der Waals surface area (Å²) in [5.74, 6) is -1.17. The Bertz CT molecular complexity index is 1190. The quantitative estimate of drug-likeness (QED) is 0.275. The van der Waals surface area contributed by atoms with E-state index >= 15 is 0 Å². The number of nitrogens with zero attached hydrogens (tertiary/aromatic N) is 1. The molecule has 2 heterocycles. The normalized spacial score (nSPS) is 14.3. The third kappa shape index (κ3) is 5.25. The molecule has 11 nitrogen and oxygen atoms in total. The number of urea groups is 1. The number of benzene rings is 1. The van der Waals surface area contributed by atoms with Crippen LogP contribution in [0.4, 0.5) is 4.79 Å². The lowest BCUT2D eigenvalue weighted by Crippen LogP contribution is -2.30. The van der Waals surface area contributed by atoms with Crippen LogP contribution in [0.1, 0.15) is 21.9 Å². The Hall–Kier alpha value is -3.32. The van der Waals surface area contributed by atoms with Crippen LogP contribution in [0.5, 0.6) is 11.5 Å². The van der Waals surface area contributed by atoms with Gasteiger partial charge in [-0.05, 0) is 61.7 Å². The Balaban J connectivity index is 1.85. The number of furan rings is 1. The summed E-state index contributed by atoms with van der Waals surface area (Å²) in [5.41, 5.74) is 0.480. The second-order valence-electron chi connectivity index (χ2n) is 6.63. The molecule has 13 heteroatoms. The highest BCUT2D eigenvalue weighted by Gasteiger charge is 2.35. The monoisotopic (exact) mass is 600 g/mol. The van der Waals surface area contributed by atoms with Gasteiger partial charge in [0.1, 0.15) is 11.5 Å². The Morgan fingerprint density at radius 1 is 1.12 bits per heavy atom. The minimum Gasteiger partial charge on any atom is -0.493 e. The summed E-state index contributed by atoms with van der Waals surface area (Å²) in [6.07, 6.45) is 1.45. The third-order valence-corrected chi connectivity index (χ3v) is 6.71. The van der Waals surface area contributed by atoms with Crippen molar-refractivity contribution >= 4 is 61.8 Å². The maximum atomic E-state index is 12.9. The van der Waals surface area contributed by atoms with Gasteiger partial charge in [-0.25, -0.2) is 14.4 Å². The number of hydrogen-bond acceptors (Lipinski definition) is 9. The van der Waals surface area contributed by atoms with Gasteiger partial charge in [0.15, 0.2) is 18.1 Å². The fraction of sp³-hybridized carbons (Fsp3) is 0.238. The number of methoxy groups -OCH3 is 3. The number of ether oxygens (including phenoxy) is 4. The number of imide groups is 1. The molecule has 0 unspecified atom stereocenters. The van der Waals surface area contributed by atoms with Crippen LogP contribution in [0.15, 0.2) is 37.3 Å². The smallest absolute Gasteiger partial charge is 0.373 e. The lowest BCUT2D eigenvalue weighted by atomic mass is 10.1. The summed E-state index contributed by atoms with van der Waals surface area (Å²) in [4.78, 5) is 49.1. The van der Waals surface area contributed by atoms with E-state index in [0.717, 1.165) is 4.90 Å². The average Bonchev–Trinajstić information content (AvgIpc) is 3.40. The second-order valence-corrected chi connectivity index (χ2v) is 8.21. The van der Waals surface area contributed by atoms with Crippen LogP contribution in [0.3, 0.4) is 0 Å². The van der Waals surface area contributed by atoms with Crippen LogP contribution in [-0.2, 0) is 25.6 Å². The Morgan fingerprint density at radius 3 is 2.50 bits per heavy atom. The number of esters is 2. The zero-order chi connectivity index (χ0) is 25.0. The first-order valence-corrected chi connectivity index (χ1v) is 11.1. The molecule has 1 aromatic heterocycles. The second kappa shape index (κ2) is 10.7. The average molecular weight is 602 g/mol. The molecule has 0 saturated carbocycles. The number of carbonyl (C=O) groups excluding carboxylic acids is 4. The number of amides is 3. The van der Waals surface area contributed by atoms with E-state index in [2.05, 4.69) is 46.7 Å². The van der Waals surface area contributed by atoms with E-state index in [9.17, 15) is 19.2 Å². The van der Waals surface area contributed by atoms with Crippen LogP contribution in [-0.4, -0.2) is 56.7 Å². The van der Waals surface area contributed by atoms with Gasteiger partial charge in [-0.15, -0.1) is 0 Å². The van der Waals surface area contributed by atoms with Crippen molar-refractivity contribution in [3.8, 4) is 11.5 Å². The fourth-order valence-electron chi connectivity index (χ4n) is 2.89. The molecule has 1 N–H and O–H groups in total. The fourth-order valence-corrected chi connectivity index (χ4v) is 3.83. The van der Waals surface area contributed by atoms with Gasteiger partial charge in [0.25, 0.3) is 5.91 Å². The summed E-state index contributed by atoms with van der Waals surface area (Å²) >= 11 is 6.79. The van der Waals surface area contributed by atoms with Gasteiger partial charge < -0.3 is 28.7 Å². The standard InChI is InChI=1S/C21H18Br2N2O9/c1-30-14-7-10(16(22)17(23)18(14)33-9-15(26)31-2)6-12-19(27)25(21(29)24-12)8-11-4-5-13(34-11)20(28)32-3/h4-7H,8-9H2,1-3H3,(H,24,29)/b12-6-. The van der Waals surface area contributed by atoms with E-state index in [0.29, 0.717) is 14.5 Å². The Labute approximate surface area is 210 Å². The van der Waals surface area contributed by atoms with Crippen LogP contribution in [0.25, 0.3) is 6.08 Å². The number of halogens is 2. The lowest BCUT2D eigenvalue weighted by molar-refractivity contribution is -0.143. The van der Waals surface area contributed by atoms with E-state index in [1.54, 1.807) is 6.07 Å². The molecule has 0 bridgehead atoms. The van der Waals surface area contributed by atoms with E-state index in [1.807, 2.05) is 0 Å². The summed E-state index contributed by atoms with van der Waals surface area (Å²) in [7, 11) is 3.86. The zero-order valence-corrected chi connectivity index (χ0v) is 21.3. The number of hydrogen-bond donors (Lipinski definition) is 1. The molecule has 0 spiro atoms. The summed E-state index contributed by atoms with van der Waals surface area (Å²) in [6.45, 7) is -0.528. The molecule has 1 aliphatic heterocycles. The van der Waals surface area contributed by atoms with Crippen molar-refractivity contribution in [2.24, 2.45) is 0 Å². The molecule has 34 heavy (non-hydrogen) atoms. The van der Waals surface area contributed by atoms with E-state index in [-0.39, 0.29) is 41.9 Å². The highest BCUT2D eigenvalue weighted by molar-refractivity contribution is 9.13. The van der Waals surface area contributed by atoms with Crippen LogP contribution >= 0.6 is 31.9 Å². The zero-order valence-electron chi connectivity index (χ0n) is 18.1. The first kappa shape index (κ1) is 25.3. The molecular formula is C21H18Br2N2O9. The number of nitrogens with one attached hydrogen (secondary N) is 1. The molecule has 3 rings (SSSR count). The predicted molar refractivity (Wildman–Crippen MR) is 123 cm³/mol. The SMILES string of the molecule is COC(=O)COc1c(OC)cc(/C=C2\NC(=O)N(Cc3ccc(C(=O)OC)o3)C2=O)c(Br)c1Br. The van der Waals surface area contributed by atoms with Gasteiger partial charge in [-0.2, -0.15) is 0 Å². The molecule has 0 aliphatic carbocycles. The first-order chi connectivity index (χ1) is 16.2. The van der Waals surface area contributed by atoms with Crippen molar-refractivity contribution < 1.29 is 42.5 Å². The van der Waals surface area contributed by atoms with Gasteiger partial charge in [-0.3, -0.25) is 9.69 Å². The lowest BCUT2D eigenvalue weighted by Gasteiger charge is -2.15. The van der Waals surface area contributed by atoms with Crippen molar-refractivity contribution in [1.29, 1.82) is 0 Å². The maximum absolute atomic E-state index is 12.9. The topological polar surface area (TPSA) is 134 Å². The van der Waals surface area contributed by atoms with Gasteiger partial charge in [0, 0.05) is 4.47 Å². The van der Waals surface area contributed by atoms with Crippen LogP contribution < -0.4 is 14.8 Å². The molecule has 180 valence electrons. The van der Waals surface area contributed by atoms with E-state index in [1.165, 1.54) is 39.5 Å². The third-order valence-electron chi connectivity index (χ3n) is 4.56. The number of carbonyl (C=O) groups is 4. The van der Waals surface area contributed by atoms with Crippen molar-refractivity contribution in [2.45, 2.75) is 6.54 Å². The predicted octanol–water partition coefficient (Wildman–Crippen LogP) is 3.24. The van der Waals surface area contributed by atoms with Crippen molar-refractivity contribution in [3.63, 3.8) is 0 Å². The highest BCUT2D eigenvalue weighted by Crippen LogP contribution is 2.43. The van der Waals surface area contributed by atoms with Gasteiger partial charge in [0.2, 0.25) is 5.76 Å². The van der Waals surface area contributed by atoms with Gasteiger partial charge in [0.05, 0.1) is 32.3 Å². The molecule has 1 aromatic carbocycles. The first-order valence-electron chi connectivity index (χ1n) is 9.47. The summed E-state index contributed by atoms with van der Waals surface area (Å²) in [5, 5.41) is 2.51. The molecule has 1 aliphatic rings.